The molecule has 4 aromatic rings. The molecule has 3 aromatic carbocycles. The maximum atomic E-state index is 13.4. The van der Waals surface area contributed by atoms with Crippen LogP contribution in [0.2, 0.25) is 0 Å². The van der Waals surface area contributed by atoms with Gasteiger partial charge >= 0.3 is 6.03 Å². The first-order chi connectivity index (χ1) is 15.6. The maximum Gasteiger partial charge on any atom is 0.319 e. The predicted molar refractivity (Wildman–Crippen MR) is 123 cm³/mol. The average Bonchev–Trinajstić information content (AvgIpc) is 3.23. The summed E-state index contributed by atoms with van der Waals surface area (Å²) in [6, 6.07) is 19.1. The van der Waals surface area contributed by atoms with Crippen LogP contribution >= 0.6 is 0 Å². The number of amides is 2. The molecule has 0 aliphatic rings. The second-order valence-electron chi connectivity index (χ2n) is 7.30. The van der Waals surface area contributed by atoms with Crippen LogP contribution in [-0.4, -0.2) is 31.8 Å². The molecule has 1 atom stereocenters. The number of nitrogens with one attached hydrogen (secondary N) is 3. The number of para-hydroxylation sites is 1. The minimum absolute atomic E-state index is 0.163. The van der Waals surface area contributed by atoms with Crippen LogP contribution in [0.4, 0.5) is 14.9 Å². The number of hydrogen-bond donors (Lipinski definition) is 3. The summed E-state index contributed by atoms with van der Waals surface area (Å²) in [6.07, 6.45) is 1.96. The topological polar surface area (TPSA) is 75.4 Å². The lowest BCUT2D eigenvalue weighted by Gasteiger charge is -2.20. The molecule has 0 fully saturated rings. The molecule has 6 nitrogen and oxygen atoms in total. The summed E-state index contributed by atoms with van der Waals surface area (Å²) >= 11 is 0. The lowest BCUT2D eigenvalue weighted by atomic mass is 9.90. The van der Waals surface area contributed by atoms with Crippen molar-refractivity contribution in [3.63, 3.8) is 0 Å². The number of halogens is 1. The Balaban J connectivity index is 1.63. The number of carbonyl (C=O) groups is 1. The number of fused-ring (bicyclic) bond motifs is 1. The number of aromatic nitrogens is 1. The number of aromatic amines is 1. The second-order valence-corrected chi connectivity index (χ2v) is 7.30. The van der Waals surface area contributed by atoms with E-state index in [2.05, 4.69) is 15.6 Å². The van der Waals surface area contributed by atoms with Gasteiger partial charge in [-0.25, -0.2) is 9.18 Å². The molecule has 3 N–H and O–H groups in total. The summed E-state index contributed by atoms with van der Waals surface area (Å²) in [4.78, 5) is 15.8. The Morgan fingerprint density at radius 2 is 1.81 bits per heavy atom. The number of ether oxygens (including phenoxy) is 2. The zero-order valence-corrected chi connectivity index (χ0v) is 17.8. The fraction of sp³-hybridized carbons (Fsp3) is 0.160. The van der Waals surface area contributed by atoms with Crippen LogP contribution in [-0.2, 0) is 0 Å². The van der Waals surface area contributed by atoms with Gasteiger partial charge in [0, 0.05) is 35.2 Å². The summed E-state index contributed by atoms with van der Waals surface area (Å²) in [5.41, 5.74) is 3.40. The van der Waals surface area contributed by atoms with E-state index in [0.717, 1.165) is 22.0 Å². The van der Waals surface area contributed by atoms with Crippen molar-refractivity contribution in [3.8, 4) is 11.5 Å². The molecular weight excluding hydrogens is 409 g/mol. The number of methoxy groups -OCH3 is 2. The highest BCUT2D eigenvalue weighted by molar-refractivity contribution is 5.89. The first kappa shape index (κ1) is 21.2. The molecule has 0 aliphatic carbocycles. The molecule has 0 spiro atoms. The van der Waals surface area contributed by atoms with Crippen LogP contribution < -0.4 is 20.1 Å². The Kier molecular flexibility index (Phi) is 6.26. The van der Waals surface area contributed by atoms with Gasteiger partial charge in [0.2, 0.25) is 0 Å². The third kappa shape index (κ3) is 4.51. The zero-order chi connectivity index (χ0) is 22.5. The highest BCUT2D eigenvalue weighted by Gasteiger charge is 2.21. The molecule has 0 saturated heterocycles. The predicted octanol–water partition coefficient (Wildman–Crippen LogP) is 5.28. The van der Waals surface area contributed by atoms with Gasteiger partial charge in [0.1, 0.15) is 5.82 Å². The summed E-state index contributed by atoms with van der Waals surface area (Å²) in [7, 11) is 3.18. The normalized spacial score (nSPS) is 11.7. The van der Waals surface area contributed by atoms with Gasteiger partial charge < -0.3 is 25.1 Å². The molecule has 0 saturated carbocycles. The van der Waals surface area contributed by atoms with Crippen molar-refractivity contribution < 1.29 is 18.7 Å². The Morgan fingerprint density at radius 1 is 1.00 bits per heavy atom. The third-order valence-corrected chi connectivity index (χ3v) is 5.36. The molecule has 0 bridgehead atoms. The molecule has 2 amide bonds. The van der Waals surface area contributed by atoms with Crippen LogP contribution in [0.5, 0.6) is 11.5 Å². The van der Waals surface area contributed by atoms with Crippen LogP contribution in [0.15, 0.2) is 72.9 Å². The van der Waals surface area contributed by atoms with Crippen molar-refractivity contribution in [1.29, 1.82) is 0 Å². The van der Waals surface area contributed by atoms with Gasteiger partial charge in [0.15, 0.2) is 11.5 Å². The van der Waals surface area contributed by atoms with Gasteiger partial charge in [-0.1, -0.05) is 30.3 Å². The number of anilines is 1. The van der Waals surface area contributed by atoms with E-state index in [1.807, 2.05) is 48.7 Å². The van der Waals surface area contributed by atoms with Gasteiger partial charge in [-0.05, 0) is 47.5 Å². The first-order valence-corrected chi connectivity index (χ1v) is 10.2. The van der Waals surface area contributed by atoms with Gasteiger partial charge in [0.25, 0.3) is 0 Å². The Labute approximate surface area is 185 Å². The third-order valence-electron chi connectivity index (χ3n) is 5.36. The van der Waals surface area contributed by atoms with Gasteiger partial charge in [0.05, 0.1) is 14.2 Å². The number of carbonyl (C=O) groups excluding carboxylic acids is 1. The maximum absolute atomic E-state index is 13.4. The summed E-state index contributed by atoms with van der Waals surface area (Å²) < 4.78 is 24.3. The van der Waals surface area contributed by atoms with Crippen LogP contribution in [0.1, 0.15) is 17.0 Å². The Morgan fingerprint density at radius 3 is 2.59 bits per heavy atom. The molecule has 164 valence electrons. The summed E-state index contributed by atoms with van der Waals surface area (Å²) in [5, 5.41) is 6.65. The van der Waals surface area contributed by atoms with Crippen LogP contribution in [0, 0.1) is 5.82 Å². The molecule has 0 radical (unpaired) electrons. The van der Waals surface area contributed by atoms with E-state index < -0.39 is 11.8 Å². The first-order valence-electron chi connectivity index (χ1n) is 10.2. The number of rotatable bonds is 7. The van der Waals surface area contributed by atoms with E-state index in [-0.39, 0.29) is 5.92 Å². The fourth-order valence-electron chi connectivity index (χ4n) is 3.80. The minimum atomic E-state index is -0.416. The molecule has 7 heteroatoms. The standard InChI is InChI=1S/C25H24FN3O3/c1-31-23-11-10-16(12-24(23)32-2)20(21-15-27-22-9-4-3-8-19(21)22)14-28-25(30)29-18-7-5-6-17(26)13-18/h3-13,15,20,27H,14H2,1-2H3,(H2,28,29,30)/t20-/m1/s1. The number of hydrogen-bond acceptors (Lipinski definition) is 3. The molecule has 1 heterocycles. The molecule has 0 aliphatic heterocycles. The van der Waals surface area contributed by atoms with E-state index >= 15 is 0 Å². The zero-order valence-electron chi connectivity index (χ0n) is 17.8. The molecular formula is C25H24FN3O3. The largest absolute Gasteiger partial charge is 0.493 e. The highest BCUT2D eigenvalue weighted by atomic mass is 19.1. The van der Waals surface area contributed by atoms with E-state index in [0.29, 0.717) is 23.7 Å². The van der Waals surface area contributed by atoms with Crippen molar-refractivity contribution >= 4 is 22.6 Å². The van der Waals surface area contributed by atoms with Gasteiger partial charge in [-0.2, -0.15) is 0 Å². The Bertz CT molecular complexity index is 1240. The molecule has 1 aromatic heterocycles. The molecule has 32 heavy (non-hydrogen) atoms. The monoisotopic (exact) mass is 433 g/mol. The van der Waals surface area contributed by atoms with Crippen molar-refractivity contribution in [3.05, 3.63) is 89.9 Å². The van der Waals surface area contributed by atoms with Crippen LogP contribution in [0.3, 0.4) is 0 Å². The van der Waals surface area contributed by atoms with E-state index in [1.54, 1.807) is 26.4 Å². The summed E-state index contributed by atoms with van der Waals surface area (Å²) in [6.45, 7) is 0.318. The minimum Gasteiger partial charge on any atom is -0.493 e. The van der Waals surface area contributed by atoms with Crippen LogP contribution in [0.25, 0.3) is 10.9 Å². The number of H-pyrrole nitrogens is 1. The fourth-order valence-corrected chi connectivity index (χ4v) is 3.80. The highest BCUT2D eigenvalue weighted by Crippen LogP contribution is 2.35. The second kappa shape index (κ2) is 9.43. The van der Waals surface area contributed by atoms with E-state index in [9.17, 15) is 9.18 Å². The van der Waals surface area contributed by atoms with Crippen molar-refractivity contribution in [2.24, 2.45) is 0 Å². The summed E-state index contributed by atoms with van der Waals surface area (Å²) in [5.74, 6) is 0.666. The van der Waals surface area contributed by atoms with Gasteiger partial charge in [-0.15, -0.1) is 0 Å². The smallest absolute Gasteiger partial charge is 0.319 e. The quantitative estimate of drug-likeness (QED) is 0.371. The molecule has 4 rings (SSSR count). The van der Waals surface area contributed by atoms with E-state index in [4.69, 9.17) is 9.47 Å². The van der Waals surface area contributed by atoms with Gasteiger partial charge in [-0.3, -0.25) is 0 Å². The van der Waals surface area contributed by atoms with Crippen molar-refractivity contribution in [1.82, 2.24) is 10.3 Å². The lowest BCUT2D eigenvalue weighted by molar-refractivity contribution is 0.252. The average molecular weight is 433 g/mol. The van der Waals surface area contributed by atoms with E-state index in [1.165, 1.54) is 12.1 Å². The SMILES string of the molecule is COc1ccc([C@@H](CNC(=O)Nc2cccc(F)c2)c2c[nH]c3ccccc23)cc1OC. The number of benzene rings is 3. The lowest BCUT2D eigenvalue weighted by Crippen LogP contribution is -2.32. The number of urea groups is 1. The Hall–Kier alpha value is -4.00. The van der Waals surface area contributed by atoms with Crippen molar-refractivity contribution in [2.45, 2.75) is 5.92 Å². The van der Waals surface area contributed by atoms with Crippen molar-refractivity contribution in [2.75, 3.05) is 26.1 Å². The molecule has 0 unspecified atom stereocenters.